The van der Waals surface area contributed by atoms with E-state index in [1.807, 2.05) is 6.08 Å². The second-order valence-electron chi connectivity index (χ2n) is 21.4. The number of aliphatic hydroxyl groups is 2. The second kappa shape index (κ2) is 59.6. The zero-order valence-corrected chi connectivity index (χ0v) is 47.0. The summed E-state index contributed by atoms with van der Waals surface area (Å²) in [5.74, 6) is -0.0729. The van der Waals surface area contributed by atoms with Crippen molar-refractivity contribution in [3.05, 3.63) is 36.5 Å². The number of hydrogen-bond acceptors (Lipinski definition) is 5. The highest BCUT2D eigenvalue weighted by Crippen LogP contribution is 2.18. The lowest BCUT2D eigenvalue weighted by Gasteiger charge is -2.20. The standard InChI is InChI=1S/C64H121NO5/c1-3-5-7-9-11-13-15-17-18-19-20-23-26-29-33-36-40-44-48-52-56-62(67)61(60-66)65-63(68)57-53-49-45-41-37-34-30-27-24-21-22-25-28-31-35-39-43-47-51-55-59-70-64(69)58-54-50-46-42-38-32-16-14-12-10-8-6-4-2/h8,10,14,16,52,56,61-62,66-67H,3-7,9,11-13,15,17-51,53-55,57-60H2,1-2H3,(H,65,68)/b10-8-,16-14-,56-52+. The molecule has 0 bridgehead atoms. The fourth-order valence-electron chi connectivity index (χ4n) is 9.61. The summed E-state index contributed by atoms with van der Waals surface area (Å²) < 4.78 is 5.47. The van der Waals surface area contributed by atoms with Crippen LogP contribution in [-0.2, 0) is 14.3 Å². The van der Waals surface area contributed by atoms with Gasteiger partial charge in [-0.2, -0.15) is 0 Å². The van der Waals surface area contributed by atoms with Gasteiger partial charge < -0.3 is 20.3 Å². The minimum Gasteiger partial charge on any atom is -0.466 e. The van der Waals surface area contributed by atoms with Crippen LogP contribution in [0, 0.1) is 0 Å². The van der Waals surface area contributed by atoms with Crippen molar-refractivity contribution in [2.24, 2.45) is 0 Å². The van der Waals surface area contributed by atoms with Crippen LogP contribution in [-0.4, -0.2) is 47.4 Å². The largest absolute Gasteiger partial charge is 0.466 e. The Morgan fingerprint density at radius 3 is 1.14 bits per heavy atom. The molecule has 0 saturated carbocycles. The summed E-state index contributed by atoms with van der Waals surface area (Å²) in [7, 11) is 0. The molecule has 0 rings (SSSR count). The summed E-state index contributed by atoms with van der Waals surface area (Å²) in [5.41, 5.74) is 0. The Bertz CT molecular complexity index is 1130. The molecule has 2 unspecified atom stereocenters. The van der Waals surface area contributed by atoms with E-state index in [4.69, 9.17) is 4.74 Å². The van der Waals surface area contributed by atoms with Crippen LogP contribution >= 0.6 is 0 Å². The molecule has 3 N–H and O–H groups in total. The van der Waals surface area contributed by atoms with Crippen molar-refractivity contribution in [3.63, 3.8) is 0 Å². The molecule has 1 amide bonds. The number of nitrogens with one attached hydrogen (secondary N) is 1. The van der Waals surface area contributed by atoms with Crippen molar-refractivity contribution in [1.82, 2.24) is 5.32 Å². The Morgan fingerprint density at radius 1 is 0.400 bits per heavy atom. The SMILES string of the molecule is CCC/C=C\C/C=C\CCCCCCCC(=O)OCCCCCCCCCCCCCCCCCCCCCCC(=O)NC(CO)C(O)/C=C/CCCCCCCCCCCCCCCCCCCC. The van der Waals surface area contributed by atoms with E-state index in [1.165, 1.54) is 257 Å². The summed E-state index contributed by atoms with van der Waals surface area (Å²) in [4.78, 5) is 24.5. The monoisotopic (exact) mass is 984 g/mol. The van der Waals surface area contributed by atoms with Crippen LogP contribution in [0.1, 0.15) is 335 Å². The molecule has 0 spiro atoms. The lowest BCUT2D eigenvalue weighted by Crippen LogP contribution is -2.45. The van der Waals surface area contributed by atoms with E-state index in [1.54, 1.807) is 6.08 Å². The average Bonchev–Trinajstić information content (AvgIpc) is 3.36. The molecule has 0 fully saturated rings. The van der Waals surface area contributed by atoms with Gasteiger partial charge in [-0.3, -0.25) is 9.59 Å². The van der Waals surface area contributed by atoms with Gasteiger partial charge in [0.1, 0.15) is 0 Å². The van der Waals surface area contributed by atoms with Crippen molar-refractivity contribution in [2.45, 2.75) is 347 Å². The first kappa shape index (κ1) is 68.1. The van der Waals surface area contributed by atoms with Gasteiger partial charge in [0.25, 0.3) is 0 Å². The van der Waals surface area contributed by atoms with Crippen LogP contribution in [0.5, 0.6) is 0 Å². The Hall–Kier alpha value is -1.92. The Kier molecular flexibility index (Phi) is 58.0. The van der Waals surface area contributed by atoms with Crippen LogP contribution in [0.15, 0.2) is 36.5 Å². The molecule has 6 heteroatoms. The summed E-state index contributed by atoms with van der Waals surface area (Å²) in [5, 5.41) is 23.2. The third kappa shape index (κ3) is 55.4. The highest BCUT2D eigenvalue weighted by atomic mass is 16.5. The molecule has 0 aromatic rings. The van der Waals surface area contributed by atoms with Crippen LogP contribution in [0.3, 0.4) is 0 Å². The van der Waals surface area contributed by atoms with E-state index in [0.29, 0.717) is 19.4 Å². The number of aliphatic hydroxyl groups excluding tert-OH is 2. The first-order valence-corrected chi connectivity index (χ1v) is 31.3. The summed E-state index contributed by atoms with van der Waals surface area (Å²) in [6, 6.07) is -0.630. The average molecular weight is 985 g/mol. The van der Waals surface area contributed by atoms with Crippen molar-refractivity contribution in [1.29, 1.82) is 0 Å². The van der Waals surface area contributed by atoms with E-state index in [9.17, 15) is 19.8 Å². The van der Waals surface area contributed by atoms with Crippen molar-refractivity contribution >= 4 is 11.9 Å². The Labute approximate surface area is 436 Å². The number of amides is 1. The van der Waals surface area contributed by atoms with Crippen LogP contribution < -0.4 is 5.32 Å². The van der Waals surface area contributed by atoms with Crippen LogP contribution in [0.25, 0.3) is 0 Å². The number of rotatable bonds is 58. The zero-order chi connectivity index (χ0) is 50.7. The van der Waals surface area contributed by atoms with Gasteiger partial charge in [0.15, 0.2) is 0 Å². The van der Waals surface area contributed by atoms with Crippen molar-refractivity contribution in [2.75, 3.05) is 13.2 Å². The molecule has 0 aliphatic rings. The fraction of sp³-hybridized carbons (Fsp3) is 0.875. The predicted molar refractivity (Wildman–Crippen MR) is 306 cm³/mol. The van der Waals surface area contributed by atoms with Gasteiger partial charge in [0.05, 0.1) is 25.4 Å². The molecule has 6 nitrogen and oxygen atoms in total. The van der Waals surface area contributed by atoms with Gasteiger partial charge >= 0.3 is 5.97 Å². The topological polar surface area (TPSA) is 95.9 Å². The van der Waals surface area contributed by atoms with Gasteiger partial charge in [-0.05, 0) is 57.8 Å². The quantitative estimate of drug-likeness (QED) is 0.0321. The molecule has 0 aromatic heterocycles. The Morgan fingerprint density at radius 2 is 0.743 bits per heavy atom. The molecule has 412 valence electrons. The molecule has 2 atom stereocenters. The summed E-state index contributed by atoms with van der Waals surface area (Å²) in [6.45, 7) is 4.85. The molecule has 0 heterocycles. The highest BCUT2D eigenvalue weighted by molar-refractivity contribution is 5.76. The number of esters is 1. The van der Waals surface area contributed by atoms with Crippen molar-refractivity contribution < 1.29 is 24.5 Å². The van der Waals surface area contributed by atoms with Crippen molar-refractivity contribution in [3.8, 4) is 0 Å². The maximum atomic E-state index is 12.5. The smallest absolute Gasteiger partial charge is 0.305 e. The number of ether oxygens (including phenoxy) is 1. The third-order valence-electron chi connectivity index (χ3n) is 14.4. The first-order valence-electron chi connectivity index (χ1n) is 31.3. The molecule has 0 aliphatic carbocycles. The lowest BCUT2D eigenvalue weighted by molar-refractivity contribution is -0.143. The Balaban J connectivity index is 3.43. The van der Waals surface area contributed by atoms with Crippen LogP contribution in [0.4, 0.5) is 0 Å². The summed E-state index contributed by atoms with van der Waals surface area (Å²) >= 11 is 0. The highest BCUT2D eigenvalue weighted by Gasteiger charge is 2.18. The predicted octanol–water partition coefficient (Wildman–Crippen LogP) is 19.6. The lowest BCUT2D eigenvalue weighted by atomic mass is 10.0. The molecule has 0 saturated heterocycles. The maximum Gasteiger partial charge on any atom is 0.305 e. The number of hydrogen-bond donors (Lipinski definition) is 3. The molecule has 0 aromatic carbocycles. The number of carbonyl (C=O) groups is 2. The number of allylic oxidation sites excluding steroid dienone is 5. The molecular weight excluding hydrogens is 863 g/mol. The zero-order valence-electron chi connectivity index (χ0n) is 47.0. The van der Waals surface area contributed by atoms with Gasteiger partial charge in [0.2, 0.25) is 5.91 Å². The van der Waals surface area contributed by atoms with E-state index in [2.05, 4.69) is 43.5 Å². The van der Waals surface area contributed by atoms with E-state index < -0.39 is 12.1 Å². The molecule has 0 radical (unpaired) electrons. The van der Waals surface area contributed by atoms with Gasteiger partial charge in [-0.15, -0.1) is 0 Å². The summed E-state index contributed by atoms with van der Waals surface area (Å²) in [6.07, 6.45) is 74.7. The third-order valence-corrected chi connectivity index (χ3v) is 14.4. The minimum absolute atomic E-state index is 0.00528. The van der Waals surface area contributed by atoms with E-state index in [-0.39, 0.29) is 18.5 Å². The number of carbonyl (C=O) groups excluding carboxylic acids is 2. The maximum absolute atomic E-state index is 12.5. The van der Waals surface area contributed by atoms with Crippen LogP contribution in [0.2, 0.25) is 0 Å². The number of unbranched alkanes of at least 4 members (excludes halogenated alkanes) is 43. The van der Waals surface area contributed by atoms with Gasteiger partial charge in [0, 0.05) is 12.8 Å². The van der Waals surface area contributed by atoms with Gasteiger partial charge in [-0.1, -0.05) is 301 Å². The second-order valence-corrected chi connectivity index (χ2v) is 21.4. The normalized spacial score (nSPS) is 12.8. The fourth-order valence-corrected chi connectivity index (χ4v) is 9.61. The minimum atomic E-state index is -0.847. The molecule has 0 aliphatic heterocycles. The van der Waals surface area contributed by atoms with Gasteiger partial charge in [-0.25, -0.2) is 0 Å². The molecule has 70 heavy (non-hydrogen) atoms. The van der Waals surface area contributed by atoms with E-state index in [0.717, 1.165) is 51.4 Å². The first-order chi connectivity index (χ1) is 34.5. The van der Waals surface area contributed by atoms with E-state index >= 15 is 0 Å². The molecular formula is C64H121NO5.